The van der Waals surface area contributed by atoms with Crippen molar-refractivity contribution < 1.29 is 5.11 Å². The number of fused-ring (bicyclic) bond motifs is 1. The van der Waals surface area contributed by atoms with Crippen LogP contribution in [-0.4, -0.2) is 17.1 Å². The van der Waals surface area contributed by atoms with E-state index in [4.69, 9.17) is 0 Å². The van der Waals surface area contributed by atoms with Crippen molar-refractivity contribution in [1.82, 2.24) is 4.90 Å². The fourth-order valence-electron chi connectivity index (χ4n) is 3.55. The predicted molar refractivity (Wildman–Crippen MR) is 91.2 cm³/mol. The molecule has 2 aromatic carbocycles. The minimum Gasteiger partial charge on any atom is -0.508 e. The van der Waals surface area contributed by atoms with Crippen LogP contribution < -0.4 is 0 Å². The molecule has 2 nitrogen and oxygen atoms in total. The minimum absolute atomic E-state index is 0.416. The standard InChI is InChI=1S/C20H25NO/c1-14-11-17(20(22)12-15(14)2)13-21(3)19-10-6-8-16-7-4-5-9-18(16)19/h4-5,7,9,11-12,19,22H,6,8,10,13H2,1-3H3/t19-/m0/s1. The second kappa shape index (κ2) is 6.13. The average Bonchev–Trinajstić information content (AvgIpc) is 2.52. The van der Waals surface area contributed by atoms with Gasteiger partial charge in [-0.1, -0.05) is 30.3 Å². The summed E-state index contributed by atoms with van der Waals surface area (Å²) in [5, 5.41) is 10.2. The first-order valence-electron chi connectivity index (χ1n) is 8.13. The molecule has 0 saturated heterocycles. The van der Waals surface area contributed by atoms with E-state index in [-0.39, 0.29) is 0 Å². The molecule has 2 aromatic rings. The van der Waals surface area contributed by atoms with Crippen molar-refractivity contribution in [2.24, 2.45) is 0 Å². The smallest absolute Gasteiger partial charge is 0.120 e. The first-order chi connectivity index (χ1) is 10.6. The van der Waals surface area contributed by atoms with E-state index >= 15 is 0 Å². The van der Waals surface area contributed by atoms with E-state index in [2.05, 4.69) is 49.2 Å². The van der Waals surface area contributed by atoms with Crippen molar-refractivity contribution in [2.75, 3.05) is 7.05 Å². The van der Waals surface area contributed by atoms with Crippen LogP contribution in [0.4, 0.5) is 0 Å². The van der Waals surface area contributed by atoms with Gasteiger partial charge in [-0.25, -0.2) is 0 Å². The summed E-state index contributed by atoms with van der Waals surface area (Å²) in [6, 6.07) is 13.2. The van der Waals surface area contributed by atoms with Gasteiger partial charge in [0.05, 0.1) is 0 Å². The van der Waals surface area contributed by atoms with Crippen molar-refractivity contribution in [3.05, 3.63) is 64.2 Å². The summed E-state index contributed by atoms with van der Waals surface area (Å²) in [6.07, 6.45) is 3.62. The molecule has 0 heterocycles. The maximum Gasteiger partial charge on any atom is 0.120 e. The highest BCUT2D eigenvalue weighted by Crippen LogP contribution is 2.35. The lowest BCUT2D eigenvalue weighted by molar-refractivity contribution is 0.211. The second-order valence-electron chi connectivity index (χ2n) is 6.59. The van der Waals surface area contributed by atoms with Gasteiger partial charge in [-0.15, -0.1) is 0 Å². The fourth-order valence-corrected chi connectivity index (χ4v) is 3.55. The Morgan fingerprint density at radius 1 is 1.14 bits per heavy atom. The number of aromatic hydroxyl groups is 1. The van der Waals surface area contributed by atoms with Gasteiger partial charge in [-0.05, 0) is 68.5 Å². The van der Waals surface area contributed by atoms with Crippen molar-refractivity contribution in [1.29, 1.82) is 0 Å². The average molecular weight is 295 g/mol. The van der Waals surface area contributed by atoms with Crippen LogP contribution in [0.5, 0.6) is 5.75 Å². The van der Waals surface area contributed by atoms with Crippen LogP contribution in [0.1, 0.15) is 46.7 Å². The number of phenols is 1. The first-order valence-corrected chi connectivity index (χ1v) is 8.13. The lowest BCUT2D eigenvalue weighted by Gasteiger charge is -2.33. The zero-order chi connectivity index (χ0) is 15.7. The maximum atomic E-state index is 10.2. The molecule has 1 N–H and O–H groups in total. The van der Waals surface area contributed by atoms with Gasteiger partial charge in [0.2, 0.25) is 0 Å². The fraction of sp³-hybridized carbons (Fsp3) is 0.400. The van der Waals surface area contributed by atoms with E-state index in [1.54, 1.807) is 0 Å². The van der Waals surface area contributed by atoms with Gasteiger partial charge in [-0.3, -0.25) is 4.90 Å². The quantitative estimate of drug-likeness (QED) is 0.900. The van der Waals surface area contributed by atoms with E-state index in [0.717, 1.165) is 17.7 Å². The zero-order valence-electron chi connectivity index (χ0n) is 13.8. The van der Waals surface area contributed by atoms with E-state index in [1.807, 2.05) is 13.0 Å². The number of phenolic OH excluding ortho intramolecular Hbond substituents is 1. The Morgan fingerprint density at radius 3 is 2.68 bits per heavy atom. The molecular formula is C20H25NO. The highest BCUT2D eigenvalue weighted by molar-refractivity contribution is 5.41. The molecule has 0 saturated carbocycles. The maximum absolute atomic E-state index is 10.2. The Bertz CT molecular complexity index is 677. The number of nitrogens with zero attached hydrogens (tertiary/aromatic N) is 1. The third-order valence-corrected chi connectivity index (χ3v) is 4.98. The van der Waals surface area contributed by atoms with Crippen molar-refractivity contribution >= 4 is 0 Å². The van der Waals surface area contributed by atoms with Crippen LogP contribution in [0.25, 0.3) is 0 Å². The van der Waals surface area contributed by atoms with Crippen LogP contribution in [-0.2, 0) is 13.0 Å². The lowest BCUT2D eigenvalue weighted by atomic mass is 9.87. The topological polar surface area (TPSA) is 23.5 Å². The van der Waals surface area contributed by atoms with Crippen LogP contribution in [0.15, 0.2) is 36.4 Å². The normalized spacial score (nSPS) is 17.5. The van der Waals surface area contributed by atoms with Gasteiger partial charge in [-0.2, -0.15) is 0 Å². The van der Waals surface area contributed by atoms with Crippen LogP contribution in [0, 0.1) is 13.8 Å². The Balaban J connectivity index is 1.84. The molecule has 0 unspecified atom stereocenters. The highest BCUT2D eigenvalue weighted by atomic mass is 16.3. The summed E-state index contributed by atoms with van der Waals surface area (Å²) < 4.78 is 0. The molecule has 3 rings (SSSR count). The summed E-state index contributed by atoms with van der Waals surface area (Å²) in [4.78, 5) is 2.38. The molecule has 0 spiro atoms. The largest absolute Gasteiger partial charge is 0.508 e. The molecule has 1 aliphatic carbocycles. The van der Waals surface area contributed by atoms with Crippen molar-refractivity contribution in [3.63, 3.8) is 0 Å². The van der Waals surface area contributed by atoms with Gasteiger partial charge in [0.25, 0.3) is 0 Å². The molecule has 0 aromatic heterocycles. The van der Waals surface area contributed by atoms with E-state index < -0.39 is 0 Å². The Kier molecular flexibility index (Phi) is 4.21. The minimum atomic E-state index is 0.416. The van der Waals surface area contributed by atoms with Gasteiger partial charge < -0.3 is 5.11 Å². The zero-order valence-corrected chi connectivity index (χ0v) is 13.8. The Morgan fingerprint density at radius 2 is 1.86 bits per heavy atom. The number of hydrogen-bond acceptors (Lipinski definition) is 2. The highest BCUT2D eigenvalue weighted by Gasteiger charge is 2.23. The number of hydrogen-bond donors (Lipinski definition) is 1. The van der Waals surface area contributed by atoms with Gasteiger partial charge in [0.15, 0.2) is 0 Å². The molecule has 0 radical (unpaired) electrons. The van der Waals surface area contributed by atoms with Gasteiger partial charge in [0, 0.05) is 18.2 Å². The molecule has 2 heteroatoms. The number of aryl methyl sites for hydroxylation is 3. The van der Waals surface area contributed by atoms with Crippen LogP contribution >= 0.6 is 0 Å². The van der Waals surface area contributed by atoms with Crippen LogP contribution in [0.3, 0.4) is 0 Å². The predicted octanol–water partition coefficient (Wildman–Crippen LogP) is 4.52. The number of rotatable bonds is 3. The van der Waals surface area contributed by atoms with E-state index in [1.165, 1.54) is 36.0 Å². The third-order valence-electron chi connectivity index (χ3n) is 4.98. The molecule has 0 aliphatic heterocycles. The van der Waals surface area contributed by atoms with Crippen molar-refractivity contribution in [2.45, 2.75) is 45.7 Å². The summed E-state index contributed by atoms with van der Waals surface area (Å²) in [7, 11) is 2.17. The third kappa shape index (κ3) is 2.89. The summed E-state index contributed by atoms with van der Waals surface area (Å²) in [6.45, 7) is 4.93. The lowest BCUT2D eigenvalue weighted by Crippen LogP contribution is -2.27. The monoisotopic (exact) mass is 295 g/mol. The van der Waals surface area contributed by atoms with Gasteiger partial charge in [0.1, 0.15) is 5.75 Å². The SMILES string of the molecule is Cc1cc(O)c(CN(C)[C@H]2CCCc3ccccc32)cc1C. The Labute approximate surface area is 133 Å². The summed E-state index contributed by atoms with van der Waals surface area (Å²) >= 11 is 0. The Hall–Kier alpha value is -1.80. The first kappa shape index (κ1) is 15.1. The van der Waals surface area contributed by atoms with E-state index in [0.29, 0.717) is 11.8 Å². The molecule has 0 amide bonds. The molecular weight excluding hydrogens is 270 g/mol. The molecule has 0 fully saturated rings. The molecule has 116 valence electrons. The molecule has 22 heavy (non-hydrogen) atoms. The summed E-state index contributed by atoms with van der Waals surface area (Å²) in [5.74, 6) is 0.416. The van der Waals surface area contributed by atoms with Crippen LogP contribution in [0.2, 0.25) is 0 Å². The molecule has 1 aliphatic rings. The van der Waals surface area contributed by atoms with Crippen molar-refractivity contribution in [3.8, 4) is 5.75 Å². The second-order valence-corrected chi connectivity index (χ2v) is 6.59. The number of benzene rings is 2. The van der Waals surface area contributed by atoms with E-state index in [9.17, 15) is 5.11 Å². The van der Waals surface area contributed by atoms with Gasteiger partial charge >= 0.3 is 0 Å². The molecule has 0 bridgehead atoms. The molecule has 1 atom stereocenters. The summed E-state index contributed by atoms with van der Waals surface area (Å²) in [5.41, 5.74) is 6.35.